The van der Waals surface area contributed by atoms with Gasteiger partial charge in [0.1, 0.15) is 17.7 Å². The number of aliphatic hydroxyl groups is 1. The van der Waals surface area contributed by atoms with Gasteiger partial charge in [0.05, 0.1) is 6.10 Å². The maximum Gasteiger partial charge on any atom is 0.124 e. The zero-order valence-corrected chi connectivity index (χ0v) is 11.5. The van der Waals surface area contributed by atoms with Crippen LogP contribution in [-0.4, -0.2) is 11.2 Å². The topological polar surface area (TPSA) is 29.5 Å². The summed E-state index contributed by atoms with van der Waals surface area (Å²) in [7, 11) is 0. The summed E-state index contributed by atoms with van der Waals surface area (Å²) >= 11 is 5.96. The van der Waals surface area contributed by atoms with Gasteiger partial charge in [-0.3, -0.25) is 0 Å². The number of aliphatic hydroxyl groups excluding tert-OH is 1. The molecule has 0 radical (unpaired) electrons. The van der Waals surface area contributed by atoms with Crippen LogP contribution < -0.4 is 4.74 Å². The number of rotatable bonds is 4. The molecule has 2 aromatic rings. The highest BCUT2D eigenvalue weighted by Gasteiger charge is 2.23. The van der Waals surface area contributed by atoms with Crippen molar-refractivity contribution in [3.8, 4) is 5.75 Å². The van der Waals surface area contributed by atoms with Gasteiger partial charge in [-0.2, -0.15) is 0 Å². The van der Waals surface area contributed by atoms with Crippen LogP contribution in [0.5, 0.6) is 5.75 Å². The second-order valence-corrected chi connectivity index (χ2v) is 5.36. The monoisotopic (exact) mass is 292 g/mol. The summed E-state index contributed by atoms with van der Waals surface area (Å²) in [6.45, 7) is 0. The van der Waals surface area contributed by atoms with E-state index in [9.17, 15) is 9.50 Å². The Hall–Kier alpha value is -1.58. The smallest absolute Gasteiger partial charge is 0.124 e. The summed E-state index contributed by atoms with van der Waals surface area (Å²) in [5.74, 6) is 0.382. The van der Waals surface area contributed by atoms with Crippen LogP contribution in [0, 0.1) is 5.82 Å². The number of halogens is 2. The van der Waals surface area contributed by atoms with Crippen LogP contribution in [0.2, 0.25) is 5.02 Å². The van der Waals surface area contributed by atoms with Crippen molar-refractivity contribution in [1.29, 1.82) is 0 Å². The zero-order valence-electron chi connectivity index (χ0n) is 10.7. The molecule has 20 heavy (non-hydrogen) atoms. The van der Waals surface area contributed by atoms with Crippen molar-refractivity contribution in [1.82, 2.24) is 0 Å². The molecule has 0 bridgehead atoms. The molecule has 4 heteroatoms. The standard InChI is InChI=1S/C16H14ClFO2/c17-15-9-11(18)3-8-14(15)16(19)10-1-4-12(5-2-10)20-13-6-7-13/h1-5,8-9,13,16,19H,6-7H2. The maximum absolute atomic E-state index is 13.0. The van der Waals surface area contributed by atoms with E-state index in [1.807, 2.05) is 12.1 Å². The highest BCUT2D eigenvalue weighted by atomic mass is 35.5. The first kappa shape index (κ1) is 13.4. The van der Waals surface area contributed by atoms with Gasteiger partial charge >= 0.3 is 0 Å². The van der Waals surface area contributed by atoms with Crippen molar-refractivity contribution in [3.05, 3.63) is 64.4 Å². The van der Waals surface area contributed by atoms with Gasteiger partial charge in [-0.15, -0.1) is 0 Å². The molecule has 1 atom stereocenters. The number of ether oxygens (including phenoxy) is 1. The van der Waals surface area contributed by atoms with Crippen molar-refractivity contribution in [2.75, 3.05) is 0 Å². The Morgan fingerprint density at radius 3 is 2.45 bits per heavy atom. The maximum atomic E-state index is 13.0. The zero-order chi connectivity index (χ0) is 14.1. The molecule has 1 unspecified atom stereocenters. The molecule has 0 aromatic heterocycles. The molecule has 2 aromatic carbocycles. The molecule has 2 nitrogen and oxygen atoms in total. The highest BCUT2D eigenvalue weighted by molar-refractivity contribution is 6.31. The molecule has 1 aliphatic carbocycles. The van der Waals surface area contributed by atoms with E-state index in [1.165, 1.54) is 18.2 Å². The van der Waals surface area contributed by atoms with E-state index in [0.717, 1.165) is 18.6 Å². The second-order valence-electron chi connectivity index (χ2n) is 4.95. The molecule has 0 amide bonds. The Morgan fingerprint density at radius 1 is 1.15 bits per heavy atom. The predicted molar refractivity (Wildman–Crippen MR) is 75.6 cm³/mol. The molecule has 1 saturated carbocycles. The molecule has 3 rings (SSSR count). The minimum Gasteiger partial charge on any atom is -0.490 e. The van der Waals surface area contributed by atoms with E-state index >= 15 is 0 Å². The third-order valence-electron chi connectivity index (χ3n) is 3.28. The molecule has 1 aliphatic rings. The summed E-state index contributed by atoms with van der Waals surface area (Å²) in [6.07, 6.45) is 1.68. The molecule has 0 heterocycles. The third-order valence-corrected chi connectivity index (χ3v) is 3.61. The summed E-state index contributed by atoms with van der Waals surface area (Å²) in [6, 6.07) is 11.2. The lowest BCUT2D eigenvalue weighted by Crippen LogP contribution is -2.01. The van der Waals surface area contributed by atoms with Crippen LogP contribution in [-0.2, 0) is 0 Å². The minimum absolute atomic E-state index is 0.218. The van der Waals surface area contributed by atoms with Crippen molar-refractivity contribution in [3.63, 3.8) is 0 Å². The molecule has 1 N–H and O–H groups in total. The van der Waals surface area contributed by atoms with Crippen molar-refractivity contribution in [2.24, 2.45) is 0 Å². The van der Waals surface area contributed by atoms with E-state index in [1.54, 1.807) is 12.1 Å². The minimum atomic E-state index is -0.877. The fourth-order valence-electron chi connectivity index (χ4n) is 2.01. The first-order chi connectivity index (χ1) is 9.63. The lowest BCUT2D eigenvalue weighted by atomic mass is 10.0. The Morgan fingerprint density at radius 2 is 1.85 bits per heavy atom. The van der Waals surface area contributed by atoms with E-state index in [2.05, 4.69) is 0 Å². The largest absolute Gasteiger partial charge is 0.490 e. The summed E-state index contributed by atoms with van der Waals surface area (Å²) < 4.78 is 18.7. The molecule has 1 fully saturated rings. The predicted octanol–water partition coefficient (Wildman–Crippen LogP) is 4.10. The molecular formula is C16H14ClFO2. The van der Waals surface area contributed by atoms with E-state index in [4.69, 9.17) is 16.3 Å². The molecule has 0 saturated heterocycles. The molecular weight excluding hydrogens is 279 g/mol. The summed E-state index contributed by atoms with van der Waals surface area (Å²) in [5, 5.41) is 10.5. The van der Waals surface area contributed by atoms with Gasteiger partial charge in [-0.1, -0.05) is 29.8 Å². The Balaban J connectivity index is 1.80. The van der Waals surface area contributed by atoms with Crippen LogP contribution in [0.3, 0.4) is 0 Å². The highest BCUT2D eigenvalue weighted by Crippen LogP contribution is 2.31. The van der Waals surface area contributed by atoms with Gasteiger partial charge in [0.15, 0.2) is 0 Å². The van der Waals surface area contributed by atoms with Crippen molar-refractivity contribution in [2.45, 2.75) is 25.0 Å². The van der Waals surface area contributed by atoms with Gasteiger partial charge in [-0.05, 0) is 42.7 Å². The SMILES string of the molecule is OC(c1ccc(OC2CC2)cc1)c1ccc(F)cc1Cl. The molecule has 0 spiro atoms. The van der Waals surface area contributed by atoms with Crippen LogP contribution in [0.15, 0.2) is 42.5 Å². The van der Waals surface area contributed by atoms with Crippen molar-refractivity contribution < 1.29 is 14.2 Å². The third kappa shape index (κ3) is 2.94. The number of hydrogen-bond acceptors (Lipinski definition) is 2. The lowest BCUT2D eigenvalue weighted by Gasteiger charge is -2.14. The first-order valence-electron chi connectivity index (χ1n) is 6.53. The fourth-order valence-corrected chi connectivity index (χ4v) is 2.28. The first-order valence-corrected chi connectivity index (χ1v) is 6.91. The Bertz CT molecular complexity index is 608. The van der Waals surface area contributed by atoms with E-state index in [-0.39, 0.29) is 5.02 Å². The Kier molecular flexibility index (Phi) is 3.64. The normalized spacial score (nSPS) is 15.9. The average molecular weight is 293 g/mol. The van der Waals surface area contributed by atoms with Crippen molar-refractivity contribution >= 4 is 11.6 Å². The number of hydrogen-bond donors (Lipinski definition) is 1. The van der Waals surface area contributed by atoms with E-state index < -0.39 is 11.9 Å². The van der Waals surface area contributed by atoms with Gasteiger partial charge < -0.3 is 9.84 Å². The van der Waals surface area contributed by atoms with Crippen LogP contribution in [0.1, 0.15) is 30.1 Å². The van der Waals surface area contributed by atoms with Gasteiger partial charge in [0, 0.05) is 10.6 Å². The van der Waals surface area contributed by atoms with Gasteiger partial charge in [0.2, 0.25) is 0 Å². The molecule has 104 valence electrons. The van der Waals surface area contributed by atoms with Gasteiger partial charge in [0.25, 0.3) is 0 Å². The second kappa shape index (κ2) is 5.43. The lowest BCUT2D eigenvalue weighted by molar-refractivity contribution is 0.220. The molecule has 0 aliphatic heterocycles. The van der Waals surface area contributed by atoms with Crippen LogP contribution in [0.25, 0.3) is 0 Å². The summed E-state index contributed by atoms with van der Waals surface area (Å²) in [5.41, 5.74) is 1.19. The Labute approximate surface area is 121 Å². The van der Waals surface area contributed by atoms with Gasteiger partial charge in [-0.25, -0.2) is 4.39 Å². The van der Waals surface area contributed by atoms with E-state index in [0.29, 0.717) is 17.2 Å². The average Bonchev–Trinajstić information content (AvgIpc) is 3.23. The quantitative estimate of drug-likeness (QED) is 0.919. The fraction of sp³-hybridized carbons (Fsp3) is 0.250. The van der Waals surface area contributed by atoms with Crippen LogP contribution >= 0.6 is 11.6 Å². The number of benzene rings is 2. The van der Waals surface area contributed by atoms with Crippen LogP contribution in [0.4, 0.5) is 4.39 Å². The summed E-state index contributed by atoms with van der Waals surface area (Å²) in [4.78, 5) is 0.